The van der Waals surface area contributed by atoms with Gasteiger partial charge in [-0.1, -0.05) is 12.1 Å². The highest BCUT2D eigenvalue weighted by atomic mass is 35.5. The lowest BCUT2D eigenvalue weighted by atomic mass is 9.97. The predicted octanol–water partition coefficient (Wildman–Crippen LogP) is 2.26. The van der Waals surface area contributed by atoms with Gasteiger partial charge in [-0.3, -0.25) is 4.79 Å². The number of aliphatic hydroxyl groups is 1. The number of carbonyl (C=O) groups is 1. The number of β-amino-alcohol motifs (C(OH)–C–C–N with tert-alkyl or cyclic N) is 1. The van der Waals surface area contributed by atoms with Crippen LogP contribution in [-0.4, -0.2) is 54.9 Å². The van der Waals surface area contributed by atoms with E-state index < -0.39 is 11.9 Å². The van der Waals surface area contributed by atoms with Gasteiger partial charge in [0.25, 0.3) is 0 Å². The molecule has 1 atom stereocenters. The fraction of sp³-hybridized carbons (Fsp3) is 0.588. The highest BCUT2D eigenvalue weighted by molar-refractivity contribution is 5.85. The Morgan fingerprint density at radius 3 is 2.67 bits per heavy atom. The van der Waals surface area contributed by atoms with Gasteiger partial charge in [0.05, 0.1) is 12.5 Å². The molecule has 1 aromatic rings. The van der Waals surface area contributed by atoms with E-state index in [1.807, 2.05) is 0 Å². The minimum absolute atomic E-state index is 0. The molecule has 2 rings (SSSR count). The number of piperidine rings is 1. The lowest BCUT2D eigenvalue weighted by Gasteiger charge is -2.32. The van der Waals surface area contributed by atoms with Crippen molar-refractivity contribution in [2.45, 2.75) is 25.9 Å². The van der Waals surface area contributed by atoms with Crippen molar-refractivity contribution in [3.63, 3.8) is 0 Å². The Balaban J connectivity index is 0.00000288. The van der Waals surface area contributed by atoms with E-state index in [2.05, 4.69) is 4.90 Å². The topological polar surface area (TPSA) is 59.0 Å². The average molecular weight is 362 g/mol. The Kier molecular flexibility index (Phi) is 9.03. The average Bonchev–Trinajstić information content (AvgIpc) is 2.55. The van der Waals surface area contributed by atoms with Crippen molar-refractivity contribution in [1.82, 2.24) is 4.90 Å². The smallest absolute Gasteiger partial charge is 0.309 e. The second-order valence-corrected chi connectivity index (χ2v) is 5.72. The molecular weight excluding hydrogens is 337 g/mol. The summed E-state index contributed by atoms with van der Waals surface area (Å²) in [7, 11) is 0. The van der Waals surface area contributed by atoms with E-state index in [0.29, 0.717) is 13.2 Å². The van der Waals surface area contributed by atoms with Gasteiger partial charge in [0.2, 0.25) is 0 Å². The van der Waals surface area contributed by atoms with Gasteiger partial charge in [-0.05, 0) is 45.0 Å². The van der Waals surface area contributed by atoms with Crippen molar-refractivity contribution in [1.29, 1.82) is 0 Å². The molecule has 1 N–H and O–H groups in total. The number of likely N-dealkylation sites (tertiary alicyclic amines) is 1. The first-order chi connectivity index (χ1) is 11.1. The Morgan fingerprint density at radius 2 is 2.04 bits per heavy atom. The van der Waals surface area contributed by atoms with Crippen LogP contribution in [0.1, 0.15) is 19.8 Å². The molecule has 1 unspecified atom stereocenters. The Morgan fingerprint density at radius 1 is 1.38 bits per heavy atom. The molecular formula is C17H25ClFNO4. The Bertz CT molecular complexity index is 509. The number of halogens is 2. The zero-order valence-electron chi connectivity index (χ0n) is 13.8. The molecule has 1 aliphatic heterocycles. The molecule has 1 aromatic carbocycles. The van der Waals surface area contributed by atoms with Crippen LogP contribution in [-0.2, 0) is 9.53 Å². The van der Waals surface area contributed by atoms with E-state index in [-0.39, 0.29) is 36.7 Å². The first kappa shape index (κ1) is 20.7. The summed E-state index contributed by atoms with van der Waals surface area (Å²) in [6, 6.07) is 6.13. The van der Waals surface area contributed by atoms with Crippen LogP contribution >= 0.6 is 12.4 Å². The molecule has 136 valence electrons. The number of hydrogen-bond donors (Lipinski definition) is 1. The molecule has 0 saturated carbocycles. The monoisotopic (exact) mass is 361 g/mol. The molecule has 0 spiro atoms. The molecule has 7 heteroatoms. The molecule has 0 radical (unpaired) electrons. The summed E-state index contributed by atoms with van der Waals surface area (Å²) in [5.41, 5.74) is 0. The van der Waals surface area contributed by atoms with E-state index >= 15 is 0 Å². The number of para-hydroxylation sites is 1. The lowest BCUT2D eigenvalue weighted by molar-refractivity contribution is -0.149. The molecule has 1 fully saturated rings. The summed E-state index contributed by atoms with van der Waals surface area (Å²) in [5, 5.41) is 10.0. The number of esters is 1. The molecule has 24 heavy (non-hydrogen) atoms. The third-order valence-corrected chi connectivity index (χ3v) is 3.94. The maximum absolute atomic E-state index is 13.4. The fourth-order valence-corrected chi connectivity index (χ4v) is 2.71. The van der Waals surface area contributed by atoms with Crippen molar-refractivity contribution >= 4 is 18.4 Å². The van der Waals surface area contributed by atoms with Crippen LogP contribution in [0.2, 0.25) is 0 Å². The summed E-state index contributed by atoms with van der Waals surface area (Å²) >= 11 is 0. The zero-order chi connectivity index (χ0) is 16.7. The minimum atomic E-state index is -0.700. The Hall–Kier alpha value is -1.37. The van der Waals surface area contributed by atoms with E-state index in [4.69, 9.17) is 9.47 Å². The maximum atomic E-state index is 13.4. The number of nitrogens with zero attached hydrogens (tertiary/aromatic N) is 1. The molecule has 1 saturated heterocycles. The summed E-state index contributed by atoms with van der Waals surface area (Å²) in [6.07, 6.45) is 0.771. The molecule has 1 heterocycles. The van der Waals surface area contributed by atoms with Gasteiger partial charge >= 0.3 is 5.97 Å². The number of carbonyl (C=O) groups excluding carboxylic acids is 1. The normalized spacial score (nSPS) is 17.0. The number of aliphatic hydroxyl groups excluding tert-OH is 1. The van der Waals surface area contributed by atoms with Crippen LogP contribution in [0.15, 0.2) is 24.3 Å². The summed E-state index contributed by atoms with van der Waals surface area (Å²) < 4.78 is 23.8. The van der Waals surface area contributed by atoms with E-state index in [9.17, 15) is 14.3 Å². The van der Waals surface area contributed by atoms with Crippen LogP contribution in [0.25, 0.3) is 0 Å². The van der Waals surface area contributed by atoms with Gasteiger partial charge in [-0.2, -0.15) is 0 Å². The number of benzene rings is 1. The van der Waals surface area contributed by atoms with Crippen LogP contribution in [0.3, 0.4) is 0 Å². The molecule has 0 bridgehead atoms. The lowest BCUT2D eigenvalue weighted by Crippen LogP contribution is -2.42. The van der Waals surface area contributed by atoms with Crippen molar-refractivity contribution < 1.29 is 23.8 Å². The summed E-state index contributed by atoms with van der Waals surface area (Å²) in [6.45, 7) is 4.17. The van der Waals surface area contributed by atoms with E-state index in [1.54, 1.807) is 19.1 Å². The fourth-order valence-electron chi connectivity index (χ4n) is 2.71. The highest BCUT2D eigenvalue weighted by Gasteiger charge is 2.26. The van der Waals surface area contributed by atoms with Crippen LogP contribution in [0, 0.1) is 11.7 Å². The van der Waals surface area contributed by atoms with E-state index in [1.165, 1.54) is 12.1 Å². The van der Waals surface area contributed by atoms with Gasteiger partial charge in [0.1, 0.15) is 12.7 Å². The largest absolute Gasteiger partial charge is 0.488 e. The summed E-state index contributed by atoms with van der Waals surface area (Å²) in [5.74, 6) is -0.462. The maximum Gasteiger partial charge on any atom is 0.309 e. The molecule has 1 aliphatic rings. The van der Waals surface area contributed by atoms with Crippen molar-refractivity contribution in [3.05, 3.63) is 30.1 Å². The predicted molar refractivity (Wildman–Crippen MR) is 90.9 cm³/mol. The SMILES string of the molecule is CCOC(=O)C1CCN(CC(O)COc2ccccc2F)CC1.Cl. The third-order valence-electron chi connectivity index (χ3n) is 3.94. The van der Waals surface area contributed by atoms with Gasteiger partial charge < -0.3 is 19.5 Å². The van der Waals surface area contributed by atoms with Crippen LogP contribution < -0.4 is 4.74 Å². The standard InChI is InChI=1S/C17H24FNO4.ClH/c1-2-22-17(21)13-7-9-19(10-8-13)11-14(20)12-23-16-6-4-3-5-15(16)18;/h3-6,13-14,20H,2,7-12H2,1H3;1H. The van der Waals surface area contributed by atoms with Gasteiger partial charge in [0, 0.05) is 6.54 Å². The van der Waals surface area contributed by atoms with Crippen LogP contribution in [0.5, 0.6) is 5.75 Å². The molecule has 0 aliphatic carbocycles. The third kappa shape index (κ3) is 6.26. The van der Waals surface area contributed by atoms with Crippen molar-refractivity contribution in [2.75, 3.05) is 32.8 Å². The van der Waals surface area contributed by atoms with Gasteiger partial charge in [-0.15, -0.1) is 12.4 Å². The first-order valence-corrected chi connectivity index (χ1v) is 8.04. The number of hydrogen-bond acceptors (Lipinski definition) is 5. The quantitative estimate of drug-likeness (QED) is 0.755. The second kappa shape index (κ2) is 10.5. The zero-order valence-corrected chi connectivity index (χ0v) is 14.6. The first-order valence-electron chi connectivity index (χ1n) is 8.04. The molecule has 0 aromatic heterocycles. The second-order valence-electron chi connectivity index (χ2n) is 5.72. The van der Waals surface area contributed by atoms with Crippen molar-refractivity contribution in [2.24, 2.45) is 5.92 Å². The summed E-state index contributed by atoms with van der Waals surface area (Å²) in [4.78, 5) is 13.8. The molecule has 0 amide bonds. The highest BCUT2D eigenvalue weighted by Crippen LogP contribution is 2.19. The number of rotatable bonds is 7. The van der Waals surface area contributed by atoms with Gasteiger partial charge in [0.15, 0.2) is 11.6 Å². The molecule has 5 nitrogen and oxygen atoms in total. The van der Waals surface area contributed by atoms with Gasteiger partial charge in [-0.25, -0.2) is 4.39 Å². The van der Waals surface area contributed by atoms with Crippen molar-refractivity contribution in [3.8, 4) is 5.75 Å². The Labute approximate surface area is 148 Å². The minimum Gasteiger partial charge on any atom is -0.488 e. The number of ether oxygens (including phenoxy) is 2. The van der Waals surface area contributed by atoms with Crippen LogP contribution in [0.4, 0.5) is 4.39 Å². The van der Waals surface area contributed by atoms with E-state index in [0.717, 1.165) is 25.9 Å².